The lowest BCUT2D eigenvalue weighted by molar-refractivity contribution is -0.113. The Kier molecular flexibility index (Phi) is 6.02. The van der Waals surface area contributed by atoms with Crippen molar-refractivity contribution in [2.45, 2.75) is 5.16 Å². The van der Waals surface area contributed by atoms with Crippen LogP contribution in [0.15, 0.2) is 57.0 Å². The number of H-pyrrole nitrogens is 1. The average Bonchev–Trinajstić information content (AvgIpc) is 3.20. The molecule has 1 aromatic carbocycles. The van der Waals surface area contributed by atoms with E-state index in [1.807, 2.05) is 0 Å². The third-order valence-corrected chi connectivity index (χ3v) is 4.50. The number of nitrogens with one attached hydrogen (secondary N) is 3. The van der Waals surface area contributed by atoms with Crippen molar-refractivity contribution in [3.63, 3.8) is 0 Å². The van der Waals surface area contributed by atoms with Gasteiger partial charge in [0.15, 0.2) is 22.4 Å². The van der Waals surface area contributed by atoms with Gasteiger partial charge < -0.3 is 20.8 Å². The van der Waals surface area contributed by atoms with E-state index in [0.29, 0.717) is 10.7 Å². The largest absolute Gasteiger partial charge is 0.459 e. The summed E-state index contributed by atoms with van der Waals surface area (Å²) in [7, 11) is 0. The van der Waals surface area contributed by atoms with Gasteiger partial charge in [0.1, 0.15) is 0 Å². The van der Waals surface area contributed by atoms with E-state index in [2.05, 4.69) is 20.6 Å². The molecule has 0 aliphatic carbocycles. The Hall–Kier alpha value is -3.24. The Morgan fingerprint density at radius 2 is 1.96 bits per heavy atom. The van der Waals surface area contributed by atoms with Gasteiger partial charge in [-0.1, -0.05) is 23.4 Å². The molecule has 0 fully saturated rings. The van der Waals surface area contributed by atoms with E-state index in [4.69, 9.17) is 21.8 Å². The second-order valence-electron chi connectivity index (χ2n) is 5.41. The Morgan fingerprint density at radius 1 is 1.21 bits per heavy atom. The molecule has 2 aromatic heterocycles. The molecule has 144 valence electrons. The van der Waals surface area contributed by atoms with Crippen molar-refractivity contribution in [1.82, 2.24) is 9.97 Å². The molecule has 3 aromatic rings. The fourth-order valence-electron chi connectivity index (χ4n) is 2.11. The summed E-state index contributed by atoms with van der Waals surface area (Å²) in [6, 6.07) is 9.62. The number of anilines is 3. The number of furan rings is 1. The molecule has 3 rings (SSSR count). The summed E-state index contributed by atoms with van der Waals surface area (Å²) >= 11 is 6.78. The zero-order valence-corrected chi connectivity index (χ0v) is 15.8. The van der Waals surface area contributed by atoms with Crippen LogP contribution in [0.4, 0.5) is 17.2 Å². The minimum absolute atomic E-state index is 0.0108. The molecule has 0 spiro atoms. The second-order valence-corrected chi connectivity index (χ2v) is 6.81. The number of thioether (sulfide) groups is 1. The summed E-state index contributed by atoms with van der Waals surface area (Å²) in [5, 5.41) is 5.73. The maximum atomic E-state index is 12.2. The summed E-state index contributed by atoms with van der Waals surface area (Å²) in [5.41, 5.74) is 5.51. The number of nitrogens with zero attached hydrogens (tertiary/aromatic N) is 1. The highest BCUT2D eigenvalue weighted by Gasteiger charge is 2.16. The average molecular weight is 420 g/mol. The molecule has 5 N–H and O–H groups in total. The summed E-state index contributed by atoms with van der Waals surface area (Å²) in [4.78, 5) is 42.6. The van der Waals surface area contributed by atoms with E-state index >= 15 is 0 Å². The van der Waals surface area contributed by atoms with Crippen molar-refractivity contribution in [2.24, 2.45) is 0 Å². The van der Waals surface area contributed by atoms with Crippen molar-refractivity contribution in [1.29, 1.82) is 0 Å². The van der Waals surface area contributed by atoms with Gasteiger partial charge >= 0.3 is 0 Å². The number of benzene rings is 1. The van der Waals surface area contributed by atoms with E-state index in [1.165, 1.54) is 18.4 Å². The van der Waals surface area contributed by atoms with E-state index in [1.54, 1.807) is 24.3 Å². The Labute approximate surface area is 167 Å². The van der Waals surface area contributed by atoms with E-state index in [9.17, 15) is 14.4 Å². The van der Waals surface area contributed by atoms with Crippen molar-refractivity contribution in [3.8, 4) is 0 Å². The highest BCUT2D eigenvalue weighted by molar-refractivity contribution is 7.99. The standard InChI is InChI=1S/C17H14ClN5O4S/c18-9-3-5-10(6-4-9)20-12(24)8-28-17-22-14(19)13(16(26)23-17)21-15(25)11-2-1-7-27-11/h1-7H,8H2,(H,20,24)(H,21,25)(H3,19,22,23,26). The fourth-order valence-corrected chi connectivity index (χ4v) is 2.90. The number of carbonyl (C=O) groups is 2. The van der Waals surface area contributed by atoms with Crippen LogP contribution in [0, 0.1) is 0 Å². The van der Waals surface area contributed by atoms with E-state index in [-0.39, 0.29) is 34.1 Å². The SMILES string of the molecule is Nc1nc(SCC(=O)Nc2ccc(Cl)cc2)[nH]c(=O)c1NC(=O)c1ccco1. The lowest BCUT2D eigenvalue weighted by Gasteiger charge is -2.08. The van der Waals surface area contributed by atoms with Crippen LogP contribution < -0.4 is 21.9 Å². The predicted molar refractivity (Wildman–Crippen MR) is 107 cm³/mol. The molecule has 0 saturated carbocycles. The van der Waals surface area contributed by atoms with Gasteiger partial charge in [0.2, 0.25) is 5.91 Å². The fraction of sp³-hybridized carbons (Fsp3) is 0.0588. The third-order valence-electron chi connectivity index (χ3n) is 3.38. The smallest absolute Gasteiger partial charge is 0.291 e. The third kappa shape index (κ3) is 4.93. The van der Waals surface area contributed by atoms with E-state index in [0.717, 1.165) is 11.8 Å². The number of rotatable bonds is 6. The lowest BCUT2D eigenvalue weighted by atomic mass is 10.3. The maximum Gasteiger partial charge on any atom is 0.291 e. The molecule has 0 aliphatic heterocycles. The molecular weight excluding hydrogens is 406 g/mol. The number of carbonyl (C=O) groups excluding carboxylic acids is 2. The number of aromatic nitrogens is 2. The Morgan fingerprint density at radius 3 is 2.61 bits per heavy atom. The Balaban J connectivity index is 1.62. The van der Waals surface area contributed by atoms with Crippen LogP contribution >= 0.6 is 23.4 Å². The highest BCUT2D eigenvalue weighted by atomic mass is 35.5. The van der Waals surface area contributed by atoms with Crippen molar-refractivity contribution in [3.05, 3.63) is 63.8 Å². The van der Waals surface area contributed by atoms with Crippen LogP contribution in [-0.2, 0) is 4.79 Å². The van der Waals surface area contributed by atoms with Gasteiger partial charge in [-0.3, -0.25) is 19.4 Å². The van der Waals surface area contributed by atoms with Crippen LogP contribution in [0.1, 0.15) is 10.6 Å². The normalized spacial score (nSPS) is 10.5. The van der Waals surface area contributed by atoms with Crippen LogP contribution in [0.3, 0.4) is 0 Å². The first-order chi connectivity index (χ1) is 13.4. The summed E-state index contributed by atoms with van der Waals surface area (Å²) < 4.78 is 4.95. The van der Waals surface area contributed by atoms with Crippen LogP contribution in [0.25, 0.3) is 0 Å². The van der Waals surface area contributed by atoms with Gasteiger partial charge in [-0.2, -0.15) is 0 Å². The minimum atomic E-state index is -0.645. The monoisotopic (exact) mass is 419 g/mol. The van der Waals surface area contributed by atoms with Crippen molar-refractivity contribution >= 4 is 52.4 Å². The summed E-state index contributed by atoms with van der Waals surface area (Å²) in [6.07, 6.45) is 1.33. The van der Waals surface area contributed by atoms with Gasteiger partial charge in [-0.15, -0.1) is 0 Å². The highest BCUT2D eigenvalue weighted by Crippen LogP contribution is 2.18. The molecule has 0 unspecified atom stereocenters. The number of nitrogen functional groups attached to an aromatic ring is 1. The molecule has 0 atom stereocenters. The van der Waals surface area contributed by atoms with Crippen LogP contribution in [0.2, 0.25) is 5.02 Å². The molecule has 28 heavy (non-hydrogen) atoms. The number of amides is 2. The zero-order valence-electron chi connectivity index (χ0n) is 14.2. The first-order valence-corrected chi connectivity index (χ1v) is 9.21. The Bertz CT molecular complexity index is 1050. The van der Waals surface area contributed by atoms with Crippen molar-refractivity contribution < 1.29 is 14.0 Å². The molecule has 2 heterocycles. The number of aromatic amines is 1. The predicted octanol–water partition coefficient (Wildman–Crippen LogP) is 2.58. The van der Waals surface area contributed by atoms with Crippen LogP contribution in [0.5, 0.6) is 0 Å². The molecule has 0 radical (unpaired) electrons. The number of hydrogen-bond donors (Lipinski definition) is 4. The molecule has 2 amide bonds. The molecule has 11 heteroatoms. The van der Waals surface area contributed by atoms with Gasteiger partial charge in [0, 0.05) is 10.7 Å². The molecule has 9 nitrogen and oxygen atoms in total. The first-order valence-electron chi connectivity index (χ1n) is 7.85. The molecular formula is C17H14ClN5O4S. The number of nitrogens with two attached hydrogens (primary N) is 1. The number of halogens is 1. The second kappa shape index (κ2) is 8.63. The summed E-state index contributed by atoms with van der Waals surface area (Å²) in [6.45, 7) is 0. The van der Waals surface area contributed by atoms with E-state index < -0.39 is 11.5 Å². The minimum Gasteiger partial charge on any atom is -0.459 e. The van der Waals surface area contributed by atoms with Gasteiger partial charge in [0.05, 0.1) is 12.0 Å². The maximum absolute atomic E-state index is 12.2. The van der Waals surface area contributed by atoms with Gasteiger partial charge in [0.25, 0.3) is 11.5 Å². The zero-order chi connectivity index (χ0) is 20.1. The molecule has 0 saturated heterocycles. The van der Waals surface area contributed by atoms with Gasteiger partial charge in [-0.25, -0.2) is 4.98 Å². The molecule has 0 bridgehead atoms. The number of hydrogen-bond acceptors (Lipinski definition) is 7. The lowest BCUT2D eigenvalue weighted by Crippen LogP contribution is -2.23. The molecule has 0 aliphatic rings. The topological polar surface area (TPSA) is 143 Å². The quantitative estimate of drug-likeness (QED) is 0.355. The van der Waals surface area contributed by atoms with Gasteiger partial charge in [-0.05, 0) is 36.4 Å². The summed E-state index contributed by atoms with van der Waals surface area (Å²) in [5.74, 6) is -1.10. The first kappa shape index (κ1) is 19.5. The van der Waals surface area contributed by atoms with Crippen molar-refractivity contribution in [2.75, 3.05) is 22.1 Å². The van der Waals surface area contributed by atoms with Crippen LogP contribution in [-0.4, -0.2) is 27.5 Å².